The number of carbonyl (C=O) groups excluding carboxylic acids is 1. The molecule has 0 spiro atoms. The number of aromatic nitrogens is 2. The van der Waals surface area contributed by atoms with E-state index in [-0.39, 0.29) is 11.9 Å². The summed E-state index contributed by atoms with van der Waals surface area (Å²) in [7, 11) is 0. The van der Waals surface area contributed by atoms with Gasteiger partial charge in [-0.25, -0.2) is 0 Å². The molecule has 3 rings (SSSR count). The number of hydrogen-bond acceptors (Lipinski definition) is 5. The third-order valence-corrected chi connectivity index (χ3v) is 3.96. The Labute approximate surface area is 152 Å². The van der Waals surface area contributed by atoms with Gasteiger partial charge in [-0.1, -0.05) is 17.3 Å². The predicted molar refractivity (Wildman–Crippen MR) is 98.0 cm³/mol. The second-order valence-corrected chi connectivity index (χ2v) is 5.92. The Kier molecular flexibility index (Phi) is 5.31. The Bertz CT molecular complexity index is 870. The minimum atomic E-state index is -0.139. The molecule has 1 heterocycles. The van der Waals surface area contributed by atoms with Gasteiger partial charge in [0.2, 0.25) is 0 Å². The Morgan fingerprint density at radius 1 is 1.15 bits per heavy atom. The predicted octanol–water partition coefficient (Wildman–Crippen LogP) is 3.93. The highest BCUT2D eigenvalue weighted by Gasteiger charge is 2.13. The SMILES string of the molecule is CCOc1ccc(C(C)NC(=O)c2ccc(-c3nc(C)no3)cc2)cc1. The van der Waals surface area contributed by atoms with Crippen molar-refractivity contribution in [3.8, 4) is 17.2 Å². The van der Waals surface area contributed by atoms with Crippen LogP contribution in [0.3, 0.4) is 0 Å². The van der Waals surface area contributed by atoms with Gasteiger partial charge in [0, 0.05) is 11.1 Å². The molecule has 1 atom stereocenters. The molecule has 6 heteroatoms. The van der Waals surface area contributed by atoms with Crippen LogP contribution in [0.15, 0.2) is 53.1 Å². The van der Waals surface area contributed by atoms with E-state index in [2.05, 4.69) is 15.5 Å². The molecule has 1 N–H and O–H groups in total. The molecule has 2 aromatic carbocycles. The fourth-order valence-corrected chi connectivity index (χ4v) is 2.56. The number of hydrogen-bond donors (Lipinski definition) is 1. The Morgan fingerprint density at radius 2 is 1.85 bits per heavy atom. The maximum absolute atomic E-state index is 12.5. The highest BCUT2D eigenvalue weighted by atomic mass is 16.5. The van der Waals surface area contributed by atoms with Crippen LogP contribution in [0.25, 0.3) is 11.5 Å². The number of amides is 1. The van der Waals surface area contributed by atoms with Gasteiger partial charge in [-0.3, -0.25) is 4.79 Å². The first-order valence-electron chi connectivity index (χ1n) is 8.51. The summed E-state index contributed by atoms with van der Waals surface area (Å²) in [6.45, 7) is 6.28. The summed E-state index contributed by atoms with van der Waals surface area (Å²) < 4.78 is 10.6. The molecule has 3 aromatic rings. The van der Waals surface area contributed by atoms with Crippen molar-refractivity contribution in [2.45, 2.75) is 26.8 Å². The number of ether oxygens (including phenoxy) is 1. The summed E-state index contributed by atoms with van der Waals surface area (Å²) in [6, 6.07) is 14.7. The van der Waals surface area contributed by atoms with Gasteiger partial charge in [-0.15, -0.1) is 0 Å². The lowest BCUT2D eigenvalue weighted by Crippen LogP contribution is -2.26. The molecule has 0 fully saturated rings. The summed E-state index contributed by atoms with van der Waals surface area (Å²) in [4.78, 5) is 16.6. The third kappa shape index (κ3) is 4.08. The van der Waals surface area contributed by atoms with Gasteiger partial charge in [0.05, 0.1) is 12.6 Å². The Balaban J connectivity index is 1.65. The van der Waals surface area contributed by atoms with Crippen LogP contribution in [0.5, 0.6) is 5.75 Å². The fourth-order valence-electron chi connectivity index (χ4n) is 2.56. The fraction of sp³-hybridized carbons (Fsp3) is 0.250. The maximum atomic E-state index is 12.5. The van der Waals surface area contributed by atoms with Gasteiger partial charge in [0.15, 0.2) is 5.82 Å². The van der Waals surface area contributed by atoms with Crippen LogP contribution in [0, 0.1) is 6.92 Å². The van der Waals surface area contributed by atoms with Crippen molar-refractivity contribution >= 4 is 5.91 Å². The topological polar surface area (TPSA) is 77.2 Å². The van der Waals surface area contributed by atoms with Crippen molar-refractivity contribution in [1.29, 1.82) is 0 Å². The van der Waals surface area contributed by atoms with Crippen LogP contribution in [0.2, 0.25) is 0 Å². The summed E-state index contributed by atoms with van der Waals surface area (Å²) in [6.07, 6.45) is 0. The van der Waals surface area contributed by atoms with E-state index < -0.39 is 0 Å². The molecule has 0 aliphatic carbocycles. The van der Waals surface area contributed by atoms with Gasteiger partial charge >= 0.3 is 0 Å². The van der Waals surface area contributed by atoms with Crippen molar-refractivity contribution in [3.05, 3.63) is 65.5 Å². The van der Waals surface area contributed by atoms with Crippen LogP contribution in [0.1, 0.15) is 41.6 Å². The monoisotopic (exact) mass is 351 g/mol. The van der Waals surface area contributed by atoms with Gasteiger partial charge in [-0.05, 0) is 62.7 Å². The smallest absolute Gasteiger partial charge is 0.257 e. The largest absolute Gasteiger partial charge is 0.494 e. The molecule has 1 aromatic heterocycles. The molecular weight excluding hydrogens is 330 g/mol. The van der Waals surface area contributed by atoms with Crippen LogP contribution in [-0.4, -0.2) is 22.7 Å². The molecule has 0 saturated carbocycles. The zero-order valence-electron chi connectivity index (χ0n) is 15.0. The molecule has 0 radical (unpaired) electrons. The van der Waals surface area contributed by atoms with Crippen LogP contribution in [0.4, 0.5) is 0 Å². The van der Waals surface area contributed by atoms with Crippen LogP contribution in [-0.2, 0) is 0 Å². The second-order valence-electron chi connectivity index (χ2n) is 5.92. The summed E-state index contributed by atoms with van der Waals surface area (Å²) in [5.74, 6) is 1.70. The third-order valence-electron chi connectivity index (χ3n) is 3.96. The molecule has 0 aliphatic heterocycles. The number of nitrogens with one attached hydrogen (secondary N) is 1. The highest BCUT2D eigenvalue weighted by Crippen LogP contribution is 2.20. The number of aryl methyl sites for hydroxylation is 1. The van der Waals surface area contributed by atoms with E-state index in [0.29, 0.717) is 23.9 Å². The highest BCUT2D eigenvalue weighted by molar-refractivity contribution is 5.94. The lowest BCUT2D eigenvalue weighted by atomic mass is 10.1. The molecule has 0 saturated heterocycles. The van der Waals surface area contributed by atoms with E-state index in [0.717, 1.165) is 16.9 Å². The van der Waals surface area contributed by atoms with Crippen molar-refractivity contribution in [1.82, 2.24) is 15.5 Å². The molecule has 0 bridgehead atoms. The second kappa shape index (κ2) is 7.82. The average Bonchev–Trinajstić information content (AvgIpc) is 3.09. The van der Waals surface area contributed by atoms with Crippen molar-refractivity contribution in [2.75, 3.05) is 6.61 Å². The van der Waals surface area contributed by atoms with Gasteiger partial charge < -0.3 is 14.6 Å². The Morgan fingerprint density at radius 3 is 2.42 bits per heavy atom. The lowest BCUT2D eigenvalue weighted by molar-refractivity contribution is 0.0940. The zero-order valence-corrected chi connectivity index (χ0v) is 15.0. The van der Waals surface area contributed by atoms with Gasteiger partial charge in [0.25, 0.3) is 11.8 Å². The zero-order chi connectivity index (χ0) is 18.5. The van der Waals surface area contributed by atoms with Gasteiger partial charge in [0.1, 0.15) is 5.75 Å². The number of carbonyl (C=O) groups is 1. The van der Waals surface area contributed by atoms with Crippen LogP contribution < -0.4 is 10.1 Å². The molecule has 6 nitrogen and oxygen atoms in total. The number of nitrogens with zero attached hydrogens (tertiary/aromatic N) is 2. The van der Waals surface area contributed by atoms with Crippen LogP contribution >= 0.6 is 0 Å². The first-order chi connectivity index (χ1) is 12.6. The van der Waals surface area contributed by atoms with E-state index >= 15 is 0 Å². The van der Waals surface area contributed by atoms with Gasteiger partial charge in [-0.2, -0.15) is 4.98 Å². The minimum absolute atomic E-state index is 0.114. The number of rotatable bonds is 6. The molecule has 1 amide bonds. The average molecular weight is 351 g/mol. The van der Waals surface area contributed by atoms with E-state index in [1.165, 1.54) is 0 Å². The first kappa shape index (κ1) is 17.7. The summed E-state index contributed by atoms with van der Waals surface area (Å²) in [5, 5.41) is 6.76. The summed E-state index contributed by atoms with van der Waals surface area (Å²) in [5.41, 5.74) is 2.37. The van der Waals surface area contributed by atoms with Crippen molar-refractivity contribution in [3.63, 3.8) is 0 Å². The molecule has 0 aliphatic rings. The quantitative estimate of drug-likeness (QED) is 0.728. The standard InChI is InChI=1S/C20H21N3O3/c1-4-25-18-11-9-15(10-12-18)13(2)21-19(24)16-5-7-17(8-6-16)20-22-14(3)23-26-20/h5-13H,4H2,1-3H3,(H,21,24). The molecule has 134 valence electrons. The minimum Gasteiger partial charge on any atom is -0.494 e. The normalized spacial score (nSPS) is 11.8. The van der Waals surface area contributed by atoms with E-state index in [1.54, 1.807) is 31.2 Å². The molecule has 26 heavy (non-hydrogen) atoms. The molecule has 1 unspecified atom stereocenters. The first-order valence-corrected chi connectivity index (χ1v) is 8.51. The lowest BCUT2D eigenvalue weighted by Gasteiger charge is -2.15. The van der Waals surface area contributed by atoms with Crippen molar-refractivity contribution < 1.29 is 14.1 Å². The molecular formula is C20H21N3O3. The van der Waals surface area contributed by atoms with Crippen molar-refractivity contribution in [2.24, 2.45) is 0 Å². The van der Waals surface area contributed by atoms with E-state index in [1.807, 2.05) is 38.1 Å². The Hall–Kier alpha value is -3.15. The van der Waals surface area contributed by atoms with E-state index in [4.69, 9.17) is 9.26 Å². The summed E-state index contributed by atoms with van der Waals surface area (Å²) >= 11 is 0. The number of benzene rings is 2. The maximum Gasteiger partial charge on any atom is 0.257 e. The van der Waals surface area contributed by atoms with E-state index in [9.17, 15) is 4.79 Å².